The quantitative estimate of drug-likeness (QED) is 0.922. The van der Waals surface area contributed by atoms with Crippen molar-refractivity contribution in [2.75, 3.05) is 12.4 Å². The average molecular weight is 269 g/mol. The summed E-state index contributed by atoms with van der Waals surface area (Å²) in [5.74, 6) is 0.744. The van der Waals surface area contributed by atoms with Crippen LogP contribution in [0.5, 0.6) is 5.75 Å². The van der Waals surface area contributed by atoms with Crippen LogP contribution in [-0.4, -0.2) is 13.0 Å². The first-order valence-electron chi connectivity index (χ1n) is 6.58. The van der Waals surface area contributed by atoms with Gasteiger partial charge in [0, 0.05) is 5.69 Å². The number of amides is 1. The summed E-state index contributed by atoms with van der Waals surface area (Å²) in [6, 6.07) is 13.6. The van der Waals surface area contributed by atoms with Crippen LogP contribution in [0.1, 0.15) is 16.7 Å². The first-order valence-corrected chi connectivity index (χ1v) is 6.58. The van der Waals surface area contributed by atoms with Crippen molar-refractivity contribution in [2.45, 2.75) is 20.3 Å². The van der Waals surface area contributed by atoms with Crippen molar-refractivity contribution in [2.24, 2.45) is 0 Å². The van der Waals surface area contributed by atoms with Gasteiger partial charge in [-0.1, -0.05) is 24.3 Å². The van der Waals surface area contributed by atoms with Gasteiger partial charge in [-0.2, -0.15) is 0 Å². The molecular formula is C17H19NO2. The molecular weight excluding hydrogens is 250 g/mol. The van der Waals surface area contributed by atoms with Crippen LogP contribution in [0.3, 0.4) is 0 Å². The number of aryl methyl sites for hydroxylation is 2. The Hall–Kier alpha value is -2.29. The number of ether oxygens (including phenoxy) is 1. The molecule has 0 aliphatic rings. The molecule has 0 heterocycles. The van der Waals surface area contributed by atoms with E-state index in [1.54, 1.807) is 7.11 Å². The van der Waals surface area contributed by atoms with Gasteiger partial charge in [-0.15, -0.1) is 0 Å². The Morgan fingerprint density at radius 3 is 2.70 bits per heavy atom. The van der Waals surface area contributed by atoms with E-state index < -0.39 is 0 Å². The van der Waals surface area contributed by atoms with Crippen molar-refractivity contribution in [3.05, 3.63) is 59.2 Å². The van der Waals surface area contributed by atoms with E-state index in [9.17, 15) is 4.79 Å². The third-order valence-electron chi connectivity index (χ3n) is 3.17. The summed E-state index contributed by atoms with van der Waals surface area (Å²) in [5, 5.41) is 2.96. The fourth-order valence-electron chi connectivity index (χ4n) is 2.03. The molecule has 0 atom stereocenters. The largest absolute Gasteiger partial charge is 0.497 e. The molecule has 3 nitrogen and oxygen atoms in total. The van der Waals surface area contributed by atoms with E-state index in [4.69, 9.17) is 4.74 Å². The number of carbonyl (C=O) groups is 1. The Labute approximate surface area is 119 Å². The van der Waals surface area contributed by atoms with Gasteiger partial charge in [0.25, 0.3) is 0 Å². The normalized spacial score (nSPS) is 10.2. The van der Waals surface area contributed by atoms with Gasteiger partial charge < -0.3 is 10.1 Å². The molecule has 2 aromatic carbocycles. The van der Waals surface area contributed by atoms with Crippen molar-refractivity contribution >= 4 is 11.6 Å². The predicted octanol–water partition coefficient (Wildman–Crippen LogP) is 3.49. The molecule has 2 rings (SSSR count). The molecule has 1 amide bonds. The highest BCUT2D eigenvalue weighted by Gasteiger charge is 2.07. The summed E-state index contributed by atoms with van der Waals surface area (Å²) in [7, 11) is 1.62. The number of nitrogens with one attached hydrogen (secondary N) is 1. The summed E-state index contributed by atoms with van der Waals surface area (Å²) in [4.78, 5) is 12.1. The minimum absolute atomic E-state index is 0.0213. The number of hydrogen-bond acceptors (Lipinski definition) is 2. The maximum atomic E-state index is 12.1. The Morgan fingerprint density at radius 1 is 1.15 bits per heavy atom. The molecule has 0 saturated heterocycles. The highest BCUT2D eigenvalue weighted by atomic mass is 16.5. The van der Waals surface area contributed by atoms with Crippen molar-refractivity contribution < 1.29 is 9.53 Å². The maximum Gasteiger partial charge on any atom is 0.228 e. The topological polar surface area (TPSA) is 38.3 Å². The van der Waals surface area contributed by atoms with E-state index in [0.717, 1.165) is 28.1 Å². The first-order chi connectivity index (χ1) is 9.58. The molecule has 2 aromatic rings. The zero-order valence-electron chi connectivity index (χ0n) is 12.1. The molecule has 0 spiro atoms. The van der Waals surface area contributed by atoms with Crippen molar-refractivity contribution in [3.8, 4) is 5.75 Å². The Bertz CT molecular complexity index is 620. The van der Waals surface area contributed by atoms with E-state index in [-0.39, 0.29) is 5.91 Å². The minimum atomic E-state index is -0.0213. The highest BCUT2D eigenvalue weighted by molar-refractivity contribution is 5.93. The number of hydrogen-bond donors (Lipinski definition) is 1. The van der Waals surface area contributed by atoms with Crippen LogP contribution in [0, 0.1) is 13.8 Å². The first kappa shape index (κ1) is 14.1. The van der Waals surface area contributed by atoms with E-state index in [1.807, 2.05) is 56.3 Å². The van der Waals surface area contributed by atoms with Crippen LogP contribution in [0.15, 0.2) is 42.5 Å². The molecule has 20 heavy (non-hydrogen) atoms. The number of anilines is 1. The van der Waals surface area contributed by atoms with Gasteiger partial charge in [0.05, 0.1) is 13.5 Å². The summed E-state index contributed by atoms with van der Waals surface area (Å²) < 4.78 is 5.16. The zero-order valence-corrected chi connectivity index (χ0v) is 12.1. The molecule has 104 valence electrons. The van der Waals surface area contributed by atoms with Crippen LogP contribution in [0.25, 0.3) is 0 Å². The minimum Gasteiger partial charge on any atom is -0.497 e. The van der Waals surface area contributed by atoms with E-state index in [1.165, 1.54) is 0 Å². The van der Waals surface area contributed by atoms with Crippen LogP contribution in [0.4, 0.5) is 5.69 Å². The smallest absolute Gasteiger partial charge is 0.228 e. The number of rotatable bonds is 4. The molecule has 0 saturated carbocycles. The van der Waals surface area contributed by atoms with Crippen molar-refractivity contribution in [1.82, 2.24) is 0 Å². The number of methoxy groups -OCH3 is 1. The SMILES string of the molecule is COc1cccc(CC(=O)Nc2cc(C)ccc2C)c1. The van der Waals surface area contributed by atoms with E-state index in [2.05, 4.69) is 5.32 Å². The summed E-state index contributed by atoms with van der Waals surface area (Å²) in [6.45, 7) is 4.00. The standard InChI is InChI=1S/C17H19NO2/c1-12-7-8-13(2)16(9-12)18-17(19)11-14-5-4-6-15(10-14)20-3/h4-10H,11H2,1-3H3,(H,18,19). The molecule has 0 aliphatic heterocycles. The van der Waals surface area contributed by atoms with Gasteiger partial charge in [-0.05, 0) is 48.7 Å². The zero-order chi connectivity index (χ0) is 14.5. The molecule has 0 fully saturated rings. The van der Waals surface area contributed by atoms with E-state index in [0.29, 0.717) is 6.42 Å². The summed E-state index contributed by atoms with van der Waals surface area (Å²) >= 11 is 0. The van der Waals surface area contributed by atoms with Gasteiger partial charge in [0.1, 0.15) is 5.75 Å². The molecule has 0 unspecified atom stereocenters. The van der Waals surface area contributed by atoms with E-state index >= 15 is 0 Å². The lowest BCUT2D eigenvalue weighted by molar-refractivity contribution is -0.115. The molecule has 0 bridgehead atoms. The molecule has 3 heteroatoms. The molecule has 1 N–H and O–H groups in total. The lowest BCUT2D eigenvalue weighted by atomic mass is 10.1. The Kier molecular flexibility index (Phi) is 4.41. The second-order valence-electron chi connectivity index (χ2n) is 4.89. The van der Waals surface area contributed by atoms with Gasteiger partial charge in [-0.3, -0.25) is 4.79 Å². The third kappa shape index (κ3) is 3.60. The van der Waals surface area contributed by atoms with Gasteiger partial charge in [0.2, 0.25) is 5.91 Å². The summed E-state index contributed by atoms with van der Waals surface area (Å²) in [5.41, 5.74) is 4.01. The molecule has 0 radical (unpaired) electrons. The monoisotopic (exact) mass is 269 g/mol. The fourth-order valence-corrected chi connectivity index (χ4v) is 2.03. The van der Waals surface area contributed by atoms with Gasteiger partial charge in [0.15, 0.2) is 0 Å². The maximum absolute atomic E-state index is 12.1. The lowest BCUT2D eigenvalue weighted by Crippen LogP contribution is -2.15. The predicted molar refractivity (Wildman–Crippen MR) is 81.2 cm³/mol. The Morgan fingerprint density at radius 2 is 1.95 bits per heavy atom. The van der Waals surface area contributed by atoms with Crippen molar-refractivity contribution in [3.63, 3.8) is 0 Å². The molecule has 0 aliphatic carbocycles. The van der Waals surface area contributed by atoms with Gasteiger partial charge in [-0.25, -0.2) is 0 Å². The molecule has 0 aromatic heterocycles. The van der Waals surface area contributed by atoms with Crippen LogP contribution < -0.4 is 10.1 Å². The van der Waals surface area contributed by atoms with Crippen LogP contribution >= 0.6 is 0 Å². The number of benzene rings is 2. The Balaban J connectivity index is 2.07. The average Bonchev–Trinajstić information content (AvgIpc) is 2.43. The highest BCUT2D eigenvalue weighted by Crippen LogP contribution is 2.17. The second-order valence-corrected chi connectivity index (χ2v) is 4.89. The number of carbonyl (C=O) groups excluding carboxylic acids is 1. The van der Waals surface area contributed by atoms with Crippen LogP contribution in [-0.2, 0) is 11.2 Å². The summed E-state index contributed by atoms with van der Waals surface area (Å²) in [6.07, 6.45) is 0.338. The fraction of sp³-hybridized carbons (Fsp3) is 0.235. The van der Waals surface area contributed by atoms with Crippen molar-refractivity contribution in [1.29, 1.82) is 0 Å². The van der Waals surface area contributed by atoms with Gasteiger partial charge >= 0.3 is 0 Å². The lowest BCUT2D eigenvalue weighted by Gasteiger charge is -2.10. The third-order valence-corrected chi connectivity index (χ3v) is 3.17. The second kappa shape index (κ2) is 6.24. The van der Waals surface area contributed by atoms with Crippen LogP contribution in [0.2, 0.25) is 0 Å².